The molecule has 100 valence electrons. The number of carboxylic acid groups (broad SMARTS) is 1. The van der Waals surface area contributed by atoms with Gasteiger partial charge >= 0.3 is 5.97 Å². The second-order valence-electron chi connectivity index (χ2n) is 5.19. The van der Waals surface area contributed by atoms with Crippen molar-refractivity contribution in [3.8, 4) is 0 Å². The van der Waals surface area contributed by atoms with Crippen LogP contribution in [0, 0.1) is 0 Å². The zero-order chi connectivity index (χ0) is 14.6. The number of benzene rings is 4. The first-order valence-corrected chi connectivity index (χ1v) is 6.58. The number of hydrogen-bond donors (Lipinski definition) is 1. The number of carboxylic acids is 1. The van der Waals surface area contributed by atoms with Gasteiger partial charge in [0.25, 0.3) is 0 Å². The Morgan fingerprint density at radius 3 is 1.62 bits per heavy atom. The average Bonchev–Trinajstić information content (AvgIpc) is 2.51. The third kappa shape index (κ3) is 1.61. The van der Waals surface area contributed by atoms with E-state index in [2.05, 4.69) is 0 Å². The van der Waals surface area contributed by atoms with Gasteiger partial charge < -0.3 is 5.11 Å². The maximum atomic E-state index is 11.2. The minimum atomic E-state index is -0.927. The van der Waals surface area contributed by atoms with Gasteiger partial charge in [-0.1, -0.05) is 24.3 Å². The van der Waals surface area contributed by atoms with Gasteiger partial charge in [-0.25, -0.2) is 4.79 Å². The number of aldehydes is 1. The van der Waals surface area contributed by atoms with Crippen LogP contribution in [0.25, 0.3) is 32.3 Å². The second-order valence-corrected chi connectivity index (χ2v) is 5.19. The lowest BCUT2D eigenvalue weighted by molar-refractivity contribution is 0.0697. The van der Waals surface area contributed by atoms with E-state index in [1.54, 1.807) is 12.1 Å². The molecule has 0 unspecified atom stereocenters. The Balaban J connectivity index is 2.25. The molecule has 0 spiro atoms. The highest BCUT2D eigenvalue weighted by Gasteiger charge is 2.12. The summed E-state index contributed by atoms with van der Waals surface area (Å²) >= 11 is 0. The largest absolute Gasteiger partial charge is 0.478 e. The van der Waals surface area contributed by atoms with Gasteiger partial charge in [0.2, 0.25) is 0 Å². The Morgan fingerprint density at radius 1 is 0.810 bits per heavy atom. The first-order chi connectivity index (χ1) is 10.2. The van der Waals surface area contributed by atoms with Crippen molar-refractivity contribution in [3.63, 3.8) is 0 Å². The highest BCUT2D eigenvalue weighted by Crippen LogP contribution is 2.35. The smallest absolute Gasteiger partial charge is 0.335 e. The lowest BCUT2D eigenvalue weighted by atomic mass is 9.92. The molecule has 4 rings (SSSR count). The normalized spacial score (nSPS) is 11.4. The summed E-state index contributed by atoms with van der Waals surface area (Å²) in [5, 5.41) is 15.1. The highest BCUT2D eigenvalue weighted by molar-refractivity contribution is 6.24. The van der Waals surface area contributed by atoms with Crippen molar-refractivity contribution >= 4 is 44.6 Å². The molecular weight excluding hydrogens is 264 g/mol. The van der Waals surface area contributed by atoms with Crippen LogP contribution in [0.4, 0.5) is 0 Å². The maximum Gasteiger partial charge on any atom is 0.335 e. The van der Waals surface area contributed by atoms with Crippen molar-refractivity contribution < 1.29 is 14.7 Å². The second kappa shape index (κ2) is 4.03. The predicted molar refractivity (Wildman–Crippen MR) is 82.5 cm³/mol. The molecule has 0 saturated carbocycles. The molecule has 0 heterocycles. The number of carbonyl (C=O) groups excluding carboxylic acids is 1. The van der Waals surface area contributed by atoms with Gasteiger partial charge in [0.15, 0.2) is 0 Å². The van der Waals surface area contributed by atoms with Gasteiger partial charge in [0.05, 0.1) is 5.56 Å². The summed E-state index contributed by atoms with van der Waals surface area (Å²) in [6.45, 7) is 0. The van der Waals surface area contributed by atoms with Crippen molar-refractivity contribution in [1.29, 1.82) is 0 Å². The fourth-order valence-corrected chi connectivity index (χ4v) is 3.05. The van der Waals surface area contributed by atoms with Crippen LogP contribution in [0.15, 0.2) is 48.5 Å². The van der Waals surface area contributed by atoms with E-state index in [9.17, 15) is 14.7 Å². The molecule has 1 N–H and O–H groups in total. The highest BCUT2D eigenvalue weighted by atomic mass is 16.4. The molecule has 3 heteroatoms. The number of carbonyl (C=O) groups is 2. The van der Waals surface area contributed by atoms with Crippen molar-refractivity contribution in [2.24, 2.45) is 0 Å². The van der Waals surface area contributed by atoms with Crippen LogP contribution in [0.3, 0.4) is 0 Å². The van der Waals surface area contributed by atoms with Gasteiger partial charge in [-0.05, 0) is 56.6 Å². The monoisotopic (exact) mass is 274 g/mol. The first kappa shape index (κ1) is 11.9. The van der Waals surface area contributed by atoms with E-state index < -0.39 is 5.97 Å². The van der Waals surface area contributed by atoms with Gasteiger partial charge in [-0.15, -0.1) is 0 Å². The van der Waals surface area contributed by atoms with Gasteiger partial charge in [0.1, 0.15) is 6.29 Å². The van der Waals surface area contributed by atoms with E-state index in [-0.39, 0.29) is 5.56 Å². The molecule has 21 heavy (non-hydrogen) atoms. The zero-order valence-corrected chi connectivity index (χ0v) is 11.0. The minimum absolute atomic E-state index is 0.287. The summed E-state index contributed by atoms with van der Waals surface area (Å²) in [5.41, 5.74) is 0.932. The minimum Gasteiger partial charge on any atom is -0.478 e. The molecule has 3 nitrogen and oxygen atoms in total. The molecule has 0 saturated heterocycles. The molecule has 0 aliphatic rings. The maximum absolute atomic E-state index is 11.2. The van der Waals surface area contributed by atoms with Crippen molar-refractivity contribution in [1.82, 2.24) is 0 Å². The lowest BCUT2D eigenvalue weighted by Crippen LogP contribution is -1.96. The van der Waals surface area contributed by atoms with Crippen molar-refractivity contribution in [3.05, 3.63) is 59.7 Å². The molecule has 0 aromatic heterocycles. The molecule has 0 radical (unpaired) electrons. The molecular formula is C18H10O3. The Labute approximate surface area is 119 Å². The third-order valence-electron chi connectivity index (χ3n) is 3.94. The van der Waals surface area contributed by atoms with Gasteiger partial charge in [-0.2, -0.15) is 0 Å². The summed E-state index contributed by atoms with van der Waals surface area (Å²) in [7, 11) is 0. The number of rotatable bonds is 2. The summed E-state index contributed by atoms with van der Waals surface area (Å²) < 4.78 is 0. The number of aromatic carboxylic acids is 1. The molecule has 0 amide bonds. The van der Waals surface area contributed by atoms with Crippen LogP contribution < -0.4 is 0 Å². The van der Waals surface area contributed by atoms with Crippen LogP contribution in [-0.4, -0.2) is 17.4 Å². The molecule has 0 bridgehead atoms. The van der Waals surface area contributed by atoms with E-state index >= 15 is 0 Å². The molecule has 0 atom stereocenters. The third-order valence-corrected chi connectivity index (χ3v) is 3.94. The van der Waals surface area contributed by atoms with Crippen LogP contribution in [-0.2, 0) is 0 Å². The lowest BCUT2D eigenvalue weighted by Gasteiger charge is -2.12. The first-order valence-electron chi connectivity index (χ1n) is 6.58. The average molecular weight is 274 g/mol. The van der Waals surface area contributed by atoms with E-state index in [1.807, 2.05) is 36.4 Å². The fourth-order valence-electron chi connectivity index (χ4n) is 3.05. The predicted octanol–water partition coefficient (Wildman–Crippen LogP) is 4.09. The Hall–Kier alpha value is -2.94. The van der Waals surface area contributed by atoms with Crippen LogP contribution in [0.1, 0.15) is 20.7 Å². The van der Waals surface area contributed by atoms with E-state index in [4.69, 9.17) is 0 Å². The summed E-state index contributed by atoms with van der Waals surface area (Å²) in [6.07, 6.45) is 0.844. The Morgan fingerprint density at radius 2 is 1.24 bits per heavy atom. The van der Waals surface area contributed by atoms with Crippen LogP contribution >= 0.6 is 0 Å². The SMILES string of the molecule is O=Cc1cc2ccc3cc(C(=O)O)cc4ccc(c1)c2c34. The summed E-state index contributed by atoms with van der Waals surface area (Å²) in [4.78, 5) is 22.2. The Kier molecular flexibility index (Phi) is 2.27. The molecule has 4 aromatic carbocycles. The molecule has 0 fully saturated rings. The Bertz CT molecular complexity index is 964. The van der Waals surface area contributed by atoms with Crippen LogP contribution in [0.5, 0.6) is 0 Å². The van der Waals surface area contributed by atoms with E-state index in [1.165, 1.54) is 0 Å². The summed E-state index contributed by atoms with van der Waals surface area (Å²) in [5.74, 6) is -0.927. The van der Waals surface area contributed by atoms with E-state index in [0.717, 1.165) is 38.6 Å². The topological polar surface area (TPSA) is 54.4 Å². The number of hydrogen-bond acceptors (Lipinski definition) is 2. The molecule has 4 aromatic rings. The van der Waals surface area contributed by atoms with Gasteiger partial charge in [-0.3, -0.25) is 4.79 Å². The van der Waals surface area contributed by atoms with Crippen LogP contribution in [0.2, 0.25) is 0 Å². The zero-order valence-electron chi connectivity index (χ0n) is 11.0. The molecule has 0 aliphatic heterocycles. The van der Waals surface area contributed by atoms with Crippen molar-refractivity contribution in [2.75, 3.05) is 0 Å². The van der Waals surface area contributed by atoms with Gasteiger partial charge in [0, 0.05) is 5.56 Å². The van der Waals surface area contributed by atoms with Crippen molar-refractivity contribution in [2.45, 2.75) is 0 Å². The fraction of sp³-hybridized carbons (Fsp3) is 0. The van der Waals surface area contributed by atoms with E-state index in [0.29, 0.717) is 5.56 Å². The quantitative estimate of drug-likeness (QED) is 0.442. The molecule has 0 aliphatic carbocycles. The standard InChI is InChI=1S/C18H10O3/c19-9-10-5-11-1-3-13-7-15(18(20)21)8-14-4-2-12(6-10)16(11)17(13)14/h1-9H,(H,20,21). The summed E-state index contributed by atoms with van der Waals surface area (Å²) in [6, 6.07) is 14.8.